The first-order chi connectivity index (χ1) is 7.69. The van der Waals surface area contributed by atoms with E-state index in [-0.39, 0.29) is 24.4 Å². The van der Waals surface area contributed by atoms with Crippen molar-refractivity contribution in [2.45, 2.75) is 6.92 Å². The molecule has 0 unspecified atom stereocenters. The summed E-state index contributed by atoms with van der Waals surface area (Å²) in [6.45, 7) is 1.87. The van der Waals surface area contributed by atoms with Gasteiger partial charge in [-0.2, -0.15) is 9.97 Å². The van der Waals surface area contributed by atoms with Gasteiger partial charge >= 0.3 is 12.2 Å². The first kappa shape index (κ1) is 12.0. The number of carbonyl (C=O) groups excluding carboxylic acids is 1. The molecule has 1 aromatic heterocycles. The van der Waals surface area contributed by atoms with Crippen LogP contribution in [0.2, 0.25) is 0 Å². The highest BCUT2D eigenvalue weighted by Crippen LogP contribution is 2.18. The van der Waals surface area contributed by atoms with E-state index in [9.17, 15) is 4.79 Å². The number of nitrogens with zero attached hydrogens (tertiary/aromatic N) is 2. The Morgan fingerprint density at radius 1 is 1.25 bits per heavy atom. The number of aromatic nitrogens is 2. The molecule has 88 valence electrons. The largest absolute Gasteiger partial charge is 0.516 e. The van der Waals surface area contributed by atoms with E-state index in [2.05, 4.69) is 14.7 Å². The topological polar surface area (TPSA) is 79.8 Å². The number of methoxy groups -OCH3 is 2. The van der Waals surface area contributed by atoms with E-state index < -0.39 is 6.16 Å². The number of ether oxygens (including phenoxy) is 4. The molecule has 0 N–H and O–H groups in total. The van der Waals surface area contributed by atoms with Gasteiger partial charge < -0.3 is 18.9 Å². The number of hydrogen-bond donors (Lipinski definition) is 0. The van der Waals surface area contributed by atoms with E-state index in [1.54, 1.807) is 6.92 Å². The minimum absolute atomic E-state index is 0.186. The lowest BCUT2D eigenvalue weighted by Crippen LogP contribution is -2.12. The average molecular weight is 228 g/mol. The fourth-order valence-corrected chi connectivity index (χ4v) is 0.860. The lowest BCUT2D eigenvalue weighted by molar-refractivity contribution is 0.100. The molecule has 0 aromatic carbocycles. The van der Waals surface area contributed by atoms with Crippen LogP contribution in [0, 0.1) is 0 Å². The van der Waals surface area contributed by atoms with Crippen molar-refractivity contribution in [3.63, 3.8) is 0 Å². The van der Waals surface area contributed by atoms with Crippen LogP contribution in [0.4, 0.5) is 4.79 Å². The van der Waals surface area contributed by atoms with Gasteiger partial charge in [0.1, 0.15) is 0 Å². The zero-order chi connectivity index (χ0) is 12.0. The van der Waals surface area contributed by atoms with E-state index >= 15 is 0 Å². The average Bonchev–Trinajstić information content (AvgIpc) is 2.28. The number of rotatable bonds is 4. The van der Waals surface area contributed by atoms with Crippen molar-refractivity contribution in [1.82, 2.24) is 9.97 Å². The smallest absolute Gasteiger partial charge is 0.481 e. The molecule has 0 atom stereocenters. The summed E-state index contributed by atoms with van der Waals surface area (Å²) in [5, 5.41) is 0. The van der Waals surface area contributed by atoms with Crippen molar-refractivity contribution in [3.8, 4) is 17.8 Å². The maximum atomic E-state index is 11.0. The molecule has 0 fully saturated rings. The van der Waals surface area contributed by atoms with Gasteiger partial charge in [0.25, 0.3) is 0 Å². The van der Waals surface area contributed by atoms with Gasteiger partial charge in [-0.05, 0) is 6.92 Å². The fraction of sp³-hybridized carbons (Fsp3) is 0.444. The van der Waals surface area contributed by atoms with Gasteiger partial charge in [-0.15, -0.1) is 0 Å². The SMILES string of the molecule is CCOC(=O)Oc1nc(OC)cc(OC)n1. The zero-order valence-electron chi connectivity index (χ0n) is 9.22. The van der Waals surface area contributed by atoms with Crippen molar-refractivity contribution in [1.29, 1.82) is 0 Å². The van der Waals surface area contributed by atoms with Crippen LogP contribution >= 0.6 is 0 Å². The van der Waals surface area contributed by atoms with E-state index in [0.717, 1.165) is 0 Å². The first-order valence-electron chi connectivity index (χ1n) is 4.51. The van der Waals surface area contributed by atoms with Crippen LogP contribution in [-0.2, 0) is 4.74 Å². The molecule has 0 saturated heterocycles. The Labute approximate surface area is 92.3 Å². The summed E-state index contributed by atoms with van der Waals surface area (Å²) in [7, 11) is 2.85. The van der Waals surface area contributed by atoms with Gasteiger partial charge in [-0.25, -0.2) is 4.79 Å². The van der Waals surface area contributed by atoms with Crippen LogP contribution in [0.25, 0.3) is 0 Å². The van der Waals surface area contributed by atoms with E-state index in [0.29, 0.717) is 0 Å². The van der Waals surface area contributed by atoms with E-state index in [1.807, 2.05) is 0 Å². The molecule has 0 aliphatic carbocycles. The third-order valence-corrected chi connectivity index (χ3v) is 1.51. The predicted octanol–water partition coefficient (Wildman–Crippen LogP) is 1.03. The summed E-state index contributed by atoms with van der Waals surface area (Å²) in [5.74, 6) is 0.456. The zero-order valence-corrected chi connectivity index (χ0v) is 9.22. The lowest BCUT2D eigenvalue weighted by atomic mass is 10.6. The molecule has 0 saturated carbocycles. The van der Waals surface area contributed by atoms with Crippen LogP contribution in [0.5, 0.6) is 17.8 Å². The summed E-state index contributed by atoms with van der Waals surface area (Å²) in [4.78, 5) is 18.6. The third-order valence-electron chi connectivity index (χ3n) is 1.51. The second-order valence-electron chi connectivity index (χ2n) is 2.52. The standard InChI is InChI=1S/C9H12N2O5/c1-4-15-9(12)16-8-10-6(13-2)5-7(11-8)14-3/h5H,4H2,1-3H3. The number of carbonyl (C=O) groups is 1. The first-order valence-corrected chi connectivity index (χ1v) is 4.51. The van der Waals surface area contributed by atoms with Crippen LogP contribution in [0.3, 0.4) is 0 Å². The molecular weight excluding hydrogens is 216 g/mol. The maximum Gasteiger partial charge on any atom is 0.516 e. The van der Waals surface area contributed by atoms with Gasteiger partial charge in [0.15, 0.2) is 0 Å². The monoisotopic (exact) mass is 228 g/mol. The maximum absolute atomic E-state index is 11.0. The van der Waals surface area contributed by atoms with Gasteiger partial charge in [-0.1, -0.05) is 0 Å². The highest BCUT2D eigenvalue weighted by molar-refractivity contribution is 5.62. The molecule has 0 aliphatic rings. The Kier molecular flexibility index (Phi) is 4.31. The molecule has 0 amide bonds. The Hall–Kier alpha value is -2.05. The molecule has 7 nitrogen and oxygen atoms in total. The van der Waals surface area contributed by atoms with Gasteiger partial charge in [-0.3, -0.25) is 0 Å². The summed E-state index contributed by atoms with van der Waals surface area (Å²) >= 11 is 0. The molecule has 0 radical (unpaired) electrons. The van der Waals surface area contributed by atoms with Crippen molar-refractivity contribution < 1.29 is 23.7 Å². The van der Waals surface area contributed by atoms with Crippen LogP contribution < -0.4 is 14.2 Å². The van der Waals surface area contributed by atoms with Gasteiger partial charge in [0.05, 0.1) is 26.9 Å². The molecule has 1 aromatic rings. The molecular formula is C9H12N2O5. The summed E-state index contributed by atoms with van der Waals surface area (Å²) in [5.41, 5.74) is 0. The Morgan fingerprint density at radius 3 is 2.25 bits per heavy atom. The van der Waals surface area contributed by atoms with Crippen molar-refractivity contribution in [3.05, 3.63) is 6.07 Å². The fourth-order valence-electron chi connectivity index (χ4n) is 0.860. The van der Waals surface area contributed by atoms with Crippen molar-refractivity contribution in [2.75, 3.05) is 20.8 Å². The molecule has 1 heterocycles. The van der Waals surface area contributed by atoms with E-state index in [1.165, 1.54) is 20.3 Å². The Balaban J connectivity index is 2.82. The molecule has 0 aliphatic heterocycles. The number of hydrogen-bond acceptors (Lipinski definition) is 7. The van der Waals surface area contributed by atoms with Gasteiger partial charge in [0, 0.05) is 0 Å². The normalized spacial score (nSPS) is 9.44. The minimum Gasteiger partial charge on any atom is -0.481 e. The molecule has 7 heteroatoms. The Morgan fingerprint density at radius 2 is 1.81 bits per heavy atom. The third kappa shape index (κ3) is 3.26. The van der Waals surface area contributed by atoms with Crippen LogP contribution in [-0.4, -0.2) is 36.9 Å². The molecule has 16 heavy (non-hydrogen) atoms. The van der Waals surface area contributed by atoms with Crippen LogP contribution in [0.15, 0.2) is 6.07 Å². The Bertz CT molecular complexity index is 347. The molecule has 0 bridgehead atoms. The predicted molar refractivity (Wildman–Crippen MR) is 52.8 cm³/mol. The van der Waals surface area contributed by atoms with Crippen molar-refractivity contribution in [2.24, 2.45) is 0 Å². The van der Waals surface area contributed by atoms with Gasteiger partial charge in [0.2, 0.25) is 11.8 Å². The highest BCUT2D eigenvalue weighted by Gasteiger charge is 2.11. The summed E-state index contributed by atoms with van der Waals surface area (Å²) < 4.78 is 19.0. The molecule has 1 rings (SSSR count). The lowest BCUT2D eigenvalue weighted by Gasteiger charge is -2.05. The summed E-state index contributed by atoms with van der Waals surface area (Å²) in [6, 6.07) is 1.27. The van der Waals surface area contributed by atoms with Crippen LogP contribution in [0.1, 0.15) is 6.92 Å². The summed E-state index contributed by atoms with van der Waals surface area (Å²) in [6.07, 6.45) is -0.877. The van der Waals surface area contributed by atoms with E-state index in [4.69, 9.17) is 14.2 Å². The molecule has 0 spiro atoms. The van der Waals surface area contributed by atoms with Crippen molar-refractivity contribution >= 4 is 6.16 Å². The minimum atomic E-state index is -0.877. The highest BCUT2D eigenvalue weighted by atomic mass is 16.7. The second kappa shape index (κ2) is 5.74. The quantitative estimate of drug-likeness (QED) is 0.712. The second-order valence-corrected chi connectivity index (χ2v) is 2.52.